The summed E-state index contributed by atoms with van der Waals surface area (Å²) < 4.78 is 0. The van der Waals surface area contributed by atoms with Crippen molar-refractivity contribution in [1.29, 1.82) is 0 Å². The van der Waals surface area contributed by atoms with Gasteiger partial charge in [-0.15, -0.1) is 0 Å². The van der Waals surface area contributed by atoms with E-state index < -0.39 is 0 Å². The second kappa shape index (κ2) is 8.02. The molecule has 2 atom stereocenters. The third-order valence-corrected chi connectivity index (χ3v) is 5.81. The van der Waals surface area contributed by atoms with Gasteiger partial charge in [0, 0.05) is 62.9 Å². The monoisotopic (exact) mass is 299 g/mol. The van der Waals surface area contributed by atoms with E-state index in [0.29, 0.717) is 12.1 Å². The van der Waals surface area contributed by atoms with Crippen molar-refractivity contribution < 1.29 is 0 Å². The Morgan fingerprint density at radius 3 is 2.35 bits per heavy atom. The molecule has 3 nitrogen and oxygen atoms in total. The standard InChI is InChI=1S/C16H33N3S/c1-13(2)15-12-19(16(11-17-15)14(3)4)6-5-18-7-9-20-10-8-18/h13-17H,5-12H2,1-4H3. The minimum atomic E-state index is 0.668. The molecule has 20 heavy (non-hydrogen) atoms. The maximum absolute atomic E-state index is 3.76. The molecule has 118 valence electrons. The molecule has 0 aromatic carbocycles. The van der Waals surface area contributed by atoms with E-state index in [1.54, 1.807) is 0 Å². The fraction of sp³-hybridized carbons (Fsp3) is 1.00. The summed E-state index contributed by atoms with van der Waals surface area (Å²) in [6.45, 7) is 16.9. The molecule has 0 aromatic heterocycles. The second-order valence-corrected chi connectivity index (χ2v) is 8.24. The average molecular weight is 300 g/mol. The summed E-state index contributed by atoms with van der Waals surface area (Å²) >= 11 is 2.10. The smallest absolute Gasteiger partial charge is 0.0244 e. The number of hydrogen-bond donors (Lipinski definition) is 1. The molecule has 0 aromatic rings. The first-order chi connectivity index (χ1) is 9.58. The van der Waals surface area contributed by atoms with Crippen molar-refractivity contribution in [3.63, 3.8) is 0 Å². The lowest BCUT2D eigenvalue weighted by Crippen LogP contribution is -2.60. The van der Waals surface area contributed by atoms with Gasteiger partial charge < -0.3 is 10.2 Å². The van der Waals surface area contributed by atoms with Gasteiger partial charge in [-0.05, 0) is 11.8 Å². The Hall–Kier alpha value is 0.230. The van der Waals surface area contributed by atoms with Crippen LogP contribution in [0.2, 0.25) is 0 Å². The van der Waals surface area contributed by atoms with Crippen molar-refractivity contribution in [2.24, 2.45) is 11.8 Å². The molecule has 1 N–H and O–H groups in total. The highest BCUT2D eigenvalue weighted by molar-refractivity contribution is 7.99. The lowest BCUT2D eigenvalue weighted by Gasteiger charge is -2.44. The first-order valence-corrected chi connectivity index (χ1v) is 9.51. The molecule has 0 aliphatic carbocycles. The fourth-order valence-electron chi connectivity index (χ4n) is 3.31. The summed E-state index contributed by atoms with van der Waals surface area (Å²) in [5, 5.41) is 3.76. The summed E-state index contributed by atoms with van der Waals surface area (Å²) in [5.41, 5.74) is 0. The van der Waals surface area contributed by atoms with Gasteiger partial charge in [0.15, 0.2) is 0 Å². The molecule has 2 unspecified atom stereocenters. The minimum absolute atomic E-state index is 0.668. The molecule has 2 saturated heterocycles. The van der Waals surface area contributed by atoms with E-state index in [9.17, 15) is 0 Å². The van der Waals surface area contributed by atoms with E-state index in [-0.39, 0.29) is 0 Å². The van der Waals surface area contributed by atoms with Gasteiger partial charge in [0.25, 0.3) is 0 Å². The number of hydrogen-bond acceptors (Lipinski definition) is 4. The SMILES string of the molecule is CC(C)C1CN(CCN2CCSCC2)C(C(C)C)CN1. The van der Waals surface area contributed by atoms with Crippen molar-refractivity contribution >= 4 is 11.8 Å². The van der Waals surface area contributed by atoms with E-state index in [0.717, 1.165) is 18.4 Å². The topological polar surface area (TPSA) is 18.5 Å². The summed E-state index contributed by atoms with van der Waals surface area (Å²) in [6.07, 6.45) is 0. The third kappa shape index (κ3) is 4.62. The molecule has 2 fully saturated rings. The predicted molar refractivity (Wildman–Crippen MR) is 90.6 cm³/mol. The Balaban J connectivity index is 1.85. The number of nitrogens with zero attached hydrogens (tertiary/aromatic N) is 2. The van der Waals surface area contributed by atoms with Crippen LogP contribution in [0.15, 0.2) is 0 Å². The van der Waals surface area contributed by atoms with Crippen LogP contribution >= 0.6 is 11.8 Å². The van der Waals surface area contributed by atoms with Crippen LogP contribution in [0.1, 0.15) is 27.7 Å². The number of piperazine rings is 1. The average Bonchev–Trinajstić information content (AvgIpc) is 2.45. The van der Waals surface area contributed by atoms with Gasteiger partial charge in [-0.1, -0.05) is 27.7 Å². The number of thioether (sulfide) groups is 1. The normalized spacial score (nSPS) is 30.3. The van der Waals surface area contributed by atoms with Gasteiger partial charge in [0.2, 0.25) is 0 Å². The van der Waals surface area contributed by atoms with E-state index in [1.807, 2.05) is 0 Å². The molecule has 2 heterocycles. The van der Waals surface area contributed by atoms with Gasteiger partial charge in [0.1, 0.15) is 0 Å². The van der Waals surface area contributed by atoms with Crippen LogP contribution in [-0.4, -0.2) is 72.7 Å². The molecule has 2 aliphatic rings. The molecule has 0 amide bonds. The lowest BCUT2D eigenvalue weighted by molar-refractivity contribution is 0.0748. The minimum Gasteiger partial charge on any atom is -0.311 e. The van der Waals surface area contributed by atoms with Crippen LogP contribution in [0.25, 0.3) is 0 Å². The van der Waals surface area contributed by atoms with Crippen molar-refractivity contribution in [1.82, 2.24) is 15.1 Å². The van der Waals surface area contributed by atoms with Crippen molar-refractivity contribution in [3.05, 3.63) is 0 Å². The first-order valence-electron chi connectivity index (χ1n) is 8.35. The second-order valence-electron chi connectivity index (χ2n) is 7.02. The van der Waals surface area contributed by atoms with Gasteiger partial charge >= 0.3 is 0 Å². The Labute approximate surface area is 129 Å². The maximum Gasteiger partial charge on any atom is 0.0244 e. The summed E-state index contributed by atoms with van der Waals surface area (Å²) in [5.74, 6) is 4.12. The highest BCUT2D eigenvalue weighted by Crippen LogP contribution is 2.18. The van der Waals surface area contributed by atoms with E-state index in [4.69, 9.17) is 0 Å². The van der Waals surface area contributed by atoms with Crippen LogP contribution < -0.4 is 5.32 Å². The van der Waals surface area contributed by atoms with Crippen LogP contribution in [0.3, 0.4) is 0 Å². The first kappa shape index (κ1) is 16.6. The molecule has 0 spiro atoms. The Bertz CT molecular complexity index is 277. The molecule has 0 saturated carbocycles. The van der Waals surface area contributed by atoms with Gasteiger partial charge in [-0.3, -0.25) is 4.90 Å². The van der Waals surface area contributed by atoms with E-state index >= 15 is 0 Å². The number of nitrogens with one attached hydrogen (secondary N) is 1. The zero-order valence-electron chi connectivity index (χ0n) is 13.8. The lowest BCUT2D eigenvalue weighted by atomic mass is 9.94. The third-order valence-electron chi connectivity index (χ3n) is 4.87. The Kier molecular flexibility index (Phi) is 6.66. The summed E-state index contributed by atoms with van der Waals surface area (Å²) in [6, 6.07) is 1.38. The van der Waals surface area contributed by atoms with Crippen LogP contribution in [-0.2, 0) is 0 Å². The number of rotatable bonds is 5. The zero-order valence-corrected chi connectivity index (χ0v) is 14.6. The van der Waals surface area contributed by atoms with Crippen molar-refractivity contribution in [3.8, 4) is 0 Å². The van der Waals surface area contributed by atoms with Crippen molar-refractivity contribution in [2.75, 3.05) is 50.8 Å². The van der Waals surface area contributed by atoms with Gasteiger partial charge in [-0.25, -0.2) is 0 Å². The zero-order chi connectivity index (χ0) is 14.5. The Morgan fingerprint density at radius 2 is 1.75 bits per heavy atom. The van der Waals surface area contributed by atoms with Crippen molar-refractivity contribution in [2.45, 2.75) is 39.8 Å². The summed E-state index contributed by atoms with van der Waals surface area (Å²) in [7, 11) is 0. The highest BCUT2D eigenvalue weighted by atomic mass is 32.2. The molecule has 2 rings (SSSR count). The van der Waals surface area contributed by atoms with Crippen LogP contribution in [0, 0.1) is 11.8 Å². The maximum atomic E-state index is 3.76. The largest absolute Gasteiger partial charge is 0.311 e. The molecule has 0 radical (unpaired) electrons. The van der Waals surface area contributed by atoms with E-state index in [1.165, 1.54) is 44.2 Å². The molecule has 4 heteroatoms. The van der Waals surface area contributed by atoms with Crippen LogP contribution in [0.5, 0.6) is 0 Å². The van der Waals surface area contributed by atoms with Crippen LogP contribution in [0.4, 0.5) is 0 Å². The highest BCUT2D eigenvalue weighted by Gasteiger charge is 2.31. The van der Waals surface area contributed by atoms with E-state index in [2.05, 4.69) is 54.6 Å². The molecular weight excluding hydrogens is 266 g/mol. The van der Waals surface area contributed by atoms with Gasteiger partial charge in [0.05, 0.1) is 0 Å². The fourth-order valence-corrected chi connectivity index (χ4v) is 4.29. The summed E-state index contributed by atoms with van der Waals surface area (Å²) in [4.78, 5) is 5.41. The van der Waals surface area contributed by atoms with Gasteiger partial charge in [-0.2, -0.15) is 11.8 Å². The Morgan fingerprint density at radius 1 is 1.05 bits per heavy atom. The molecule has 0 bridgehead atoms. The predicted octanol–water partition coefficient (Wildman–Crippen LogP) is 1.99. The molecule has 2 aliphatic heterocycles. The quantitative estimate of drug-likeness (QED) is 0.836. The molecular formula is C16H33N3S.